The molecule has 0 saturated carbocycles. The standard InChI is InChI=1S/C25H19ClN2O3S.C25H19FN2O3S.C24H16ClFN2O3S.C24H17FN2O3S/c1-16-2-7-19(8-3-16)27-25-28(20-9-5-18(26)6-10-20)24(29)23(32-25)15-17-4-11-21-22(14-17)31-13-12-30-21;26-19-9-6-17(7-10-19)16-27-25-28(20-4-2-1-3-5-20)24(29)23(32-25)15-18-8-11-21-22(14-18)31-13-12-30-21;25-16-2-8-19(9-3-16)28-23(29)22(32-24(28)27-18-6-4-17(26)5-7-18)14-15-1-10-20-21(13-15)31-12-11-30-20;25-17-7-9-19(10-8-17)27-23(28)22(31-24(27)26-18-4-2-1-3-5-18)15-16-6-11-20-21(14-16)30-13-12-29-20/h2-11,14-15H,12-13H2,1H3;1-11,14-15H,12-13,16H2;1-10,13-14H,11-12H2;1-11,14-15H,12-13H2/b2*23-15-,27-25?;22-14-,27-24?;22-15-,26-24?. The molecule has 8 aliphatic heterocycles. The highest BCUT2D eigenvalue weighted by atomic mass is 35.5. The molecule has 0 aromatic heterocycles. The molecule has 4 saturated heterocycles. The predicted octanol–water partition coefficient (Wildman–Crippen LogP) is 23.0. The predicted molar refractivity (Wildman–Crippen MR) is 501 cm³/mol. The lowest BCUT2D eigenvalue weighted by Gasteiger charge is -2.18. The van der Waals surface area contributed by atoms with Crippen LogP contribution in [0.2, 0.25) is 10.0 Å². The van der Waals surface area contributed by atoms with Crippen LogP contribution in [-0.4, -0.2) is 97.2 Å². The summed E-state index contributed by atoms with van der Waals surface area (Å²) < 4.78 is 84.9. The first-order chi connectivity index (χ1) is 62.0. The number of aliphatic imine (C=N–C) groups is 4. The summed E-state index contributed by atoms with van der Waals surface area (Å²) in [6.07, 6.45) is 7.28. The third-order valence-electron chi connectivity index (χ3n) is 19.6. The van der Waals surface area contributed by atoms with Gasteiger partial charge in [0.15, 0.2) is 66.7 Å². The molecule has 12 aromatic carbocycles. The molecule has 0 bridgehead atoms. The van der Waals surface area contributed by atoms with Gasteiger partial charge in [0.25, 0.3) is 23.6 Å². The van der Waals surface area contributed by atoms with Gasteiger partial charge in [-0.25, -0.2) is 28.1 Å². The molecule has 8 heterocycles. The van der Waals surface area contributed by atoms with Gasteiger partial charge < -0.3 is 37.9 Å². The molecule has 0 unspecified atom stereocenters. The number of amides is 4. The van der Waals surface area contributed by atoms with Gasteiger partial charge in [-0.15, -0.1) is 0 Å². The molecular weight excluding hydrogens is 1740 g/mol. The van der Waals surface area contributed by atoms with Crippen molar-refractivity contribution in [2.75, 3.05) is 72.5 Å². The van der Waals surface area contributed by atoms with Crippen molar-refractivity contribution in [2.45, 2.75) is 13.5 Å². The molecule has 29 heteroatoms. The SMILES string of the molecule is Cc1ccc(N=C2S/C(=C\c3ccc4c(c3)OCCO4)C(=O)N2c2ccc(Cl)cc2)cc1.O=C1/C(=C/c2ccc3c(c2)OCCO3)SC(=NCc2ccc(F)cc2)N1c1ccccc1.O=C1/C(=C/c2ccc3c(c2)OCCO3)SC(=Nc2ccc(F)cc2)N1c1ccc(Cl)cc1.O=C1/C(=C/c2ccc3c(c2)OCCO3)SC(=Nc2ccccc2)N1c1ccc(F)cc1. The number of ether oxygens (including phenoxy) is 8. The van der Waals surface area contributed by atoms with Gasteiger partial charge in [0, 0.05) is 10.0 Å². The largest absolute Gasteiger partial charge is 0.486 e. The maximum atomic E-state index is 13.4. The van der Waals surface area contributed by atoms with Crippen molar-refractivity contribution < 1.29 is 70.2 Å². The molecule has 634 valence electrons. The first-order valence-corrected chi connectivity index (χ1v) is 43.8. The quantitative estimate of drug-likeness (QED) is 0.0985. The van der Waals surface area contributed by atoms with Crippen molar-refractivity contribution in [3.63, 3.8) is 0 Å². The normalized spacial score (nSPS) is 18.0. The summed E-state index contributed by atoms with van der Waals surface area (Å²) >= 11 is 17.3. The average Bonchev–Trinajstić information content (AvgIpc) is 1.65. The third kappa shape index (κ3) is 21.0. The molecule has 4 fully saturated rings. The van der Waals surface area contributed by atoms with E-state index in [1.807, 2.05) is 189 Å². The van der Waals surface area contributed by atoms with E-state index in [4.69, 9.17) is 66.1 Å². The summed E-state index contributed by atoms with van der Waals surface area (Å²) in [7, 11) is 0. The van der Waals surface area contributed by atoms with E-state index in [1.54, 1.807) is 94.7 Å². The minimum Gasteiger partial charge on any atom is -0.486 e. The van der Waals surface area contributed by atoms with Gasteiger partial charge in [-0.2, -0.15) is 0 Å². The van der Waals surface area contributed by atoms with Crippen molar-refractivity contribution in [1.29, 1.82) is 0 Å². The van der Waals surface area contributed by atoms with Crippen LogP contribution < -0.4 is 57.5 Å². The maximum Gasteiger partial charge on any atom is 0.271 e. The number of fused-ring (bicyclic) bond motifs is 4. The van der Waals surface area contributed by atoms with Crippen LogP contribution in [0.5, 0.6) is 46.0 Å². The molecule has 0 spiro atoms. The van der Waals surface area contributed by atoms with Crippen LogP contribution in [0.4, 0.5) is 53.0 Å². The van der Waals surface area contributed by atoms with E-state index in [9.17, 15) is 32.3 Å². The van der Waals surface area contributed by atoms with E-state index in [1.165, 1.54) is 93.2 Å². The third-order valence-corrected chi connectivity index (χ3v) is 24.0. The van der Waals surface area contributed by atoms with Crippen LogP contribution in [0.15, 0.2) is 319 Å². The smallest absolute Gasteiger partial charge is 0.271 e. The summed E-state index contributed by atoms with van der Waals surface area (Å²) in [6, 6.07) is 81.0. The number of hydrogen-bond donors (Lipinski definition) is 0. The van der Waals surface area contributed by atoms with E-state index >= 15 is 0 Å². The second-order valence-corrected chi connectivity index (χ2v) is 33.3. The number of aryl methyl sites for hydroxylation is 1. The molecular formula is C98H71Cl2F3N8O12S4. The monoisotopic (exact) mass is 1810 g/mol. The molecule has 0 atom stereocenters. The first kappa shape index (κ1) is 85.5. The Bertz CT molecular complexity index is 6240. The van der Waals surface area contributed by atoms with Gasteiger partial charge in [0.2, 0.25) is 0 Å². The Balaban J connectivity index is 0.000000119. The zero-order valence-electron chi connectivity index (χ0n) is 67.2. The number of halogens is 5. The minimum atomic E-state index is -0.364. The molecule has 20 nitrogen and oxygen atoms in total. The summed E-state index contributed by atoms with van der Waals surface area (Å²) in [4.78, 5) is 80.4. The summed E-state index contributed by atoms with van der Waals surface area (Å²) in [6.45, 7) is 6.47. The zero-order chi connectivity index (χ0) is 87.3. The molecule has 0 radical (unpaired) electrons. The van der Waals surface area contributed by atoms with E-state index in [-0.39, 0.29) is 41.1 Å². The van der Waals surface area contributed by atoms with E-state index in [0.29, 0.717) is 178 Å². The van der Waals surface area contributed by atoms with Gasteiger partial charge in [-0.3, -0.25) is 43.8 Å². The molecule has 0 N–H and O–H groups in total. The Hall–Kier alpha value is -13.7. The van der Waals surface area contributed by atoms with Gasteiger partial charge >= 0.3 is 0 Å². The number of carbonyl (C=O) groups excluding carboxylic acids is 4. The van der Waals surface area contributed by atoms with E-state index in [2.05, 4.69) is 15.0 Å². The Labute approximate surface area is 755 Å². The molecule has 8 aliphatic rings. The molecule has 4 amide bonds. The lowest BCUT2D eigenvalue weighted by molar-refractivity contribution is -0.114. The highest BCUT2D eigenvalue weighted by Gasteiger charge is 2.39. The Morgan fingerprint density at radius 2 is 0.575 bits per heavy atom. The number of thioether (sulfide) groups is 4. The molecule has 0 aliphatic carbocycles. The Morgan fingerprint density at radius 1 is 0.307 bits per heavy atom. The van der Waals surface area contributed by atoms with Crippen LogP contribution in [-0.2, 0) is 25.7 Å². The number of anilines is 4. The van der Waals surface area contributed by atoms with Gasteiger partial charge in [0.1, 0.15) is 70.3 Å². The fraction of sp³-hybridized carbons (Fsp3) is 0.102. The van der Waals surface area contributed by atoms with Crippen molar-refractivity contribution in [3.8, 4) is 46.0 Å². The van der Waals surface area contributed by atoms with Crippen molar-refractivity contribution in [2.24, 2.45) is 20.0 Å². The highest BCUT2D eigenvalue weighted by molar-refractivity contribution is 8.20. The Morgan fingerprint density at radius 3 is 0.921 bits per heavy atom. The van der Waals surface area contributed by atoms with Gasteiger partial charge in [0.05, 0.1) is 66.0 Å². The van der Waals surface area contributed by atoms with Crippen LogP contribution in [0.3, 0.4) is 0 Å². The summed E-state index contributed by atoms with van der Waals surface area (Å²) in [5, 5.41) is 3.31. The fourth-order valence-corrected chi connectivity index (χ4v) is 17.6. The first-order valence-electron chi connectivity index (χ1n) is 39.8. The number of amidine groups is 4. The summed E-state index contributed by atoms with van der Waals surface area (Å²) in [5.41, 5.74) is 10.0. The lowest BCUT2D eigenvalue weighted by Crippen LogP contribution is -2.28. The number of benzene rings is 12. The maximum absolute atomic E-state index is 13.4. The molecule has 12 aromatic rings. The van der Waals surface area contributed by atoms with Crippen LogP contribution >= 0.6 is 70.2 Å². The van der Waals surface area contributed by atoms with E-state index in [0.717, 1.165) is 50.4 Å². The van der Waals surface area contributed by atoms with Crippen molar-refractivity contribution in [3.05, 3.63) is 360 Å². The van der Waals surface area contributed by atoms with Crippen molar-refractivity contribution >= 4 is 179 Å². The number of para-hydroxylation sites is 2. The minimum absolute atomic E-state index is 0.141. The number of carbonyl (C=O) groups is 4. The van der Waals surface area contributed by atoms with E-state index < -0.39 is 0 Å². The van der Waals surface area contributed by atoms with Gasteiger partial charge in [-0.1, -0.05) is 114 Å². The Kier molecular flexibility index (Phi) is 26.7. The number of nitrogens with zero attached hydrogens (tertiary/aromatic N) is 8. The molecule has 127 heavy (non-hydrogen) atoms. The number of hydrogen-bond acceptors (Lipinski definition) is 20. The number of rotatable bonds is 13. The van der Waals surface area contributed by atoms with Gasteiger partial charge in [-0.05, 0) is 300 Å². The topological polar surface area (TPSA) is 205 Å². The second-order valence-electron chi connectivity index (χ2n) is 28.4. The molecule has 20 rings (SSSR count). The van der Waals surface area contributed by atoms with Crippen LogP contribution in [0.1, 0.15) is 33.4 Å². The lowest BCUT2D eigenvalue weighted by atomic mass is 10.1. The average molecular weight is 1810 g/mol. The van der Waals surface area contributed by atoms with Crippen molar-refractivity contribution in [1.82, 2.24) is 0 Å². The zero-order valence-corrected chi connectivity index (χ0v) is 72.0. The van der Waals surface area contributed by atoms with Crippen LogP contribution in [0, 0.1) is 24.4 Å². The fourth-order valence-electron chi connectivity index (χ4n) is 13.4. The second kappa shape index (κ2) is 39.7. The van der Waals surface area contributed by atoms with Crippen LogP contribution in [0.25, 0.3) is 24.3 Å². The summed E-state index contributed by atoms with van der Waals surface area (Å²) in [5.74, 6) is 3.74. The highest BCUT2D eigenvalue weighted by Crippen LogP contribution is 2.45.